The molecule has 0 saturated heterocycles. The van der Waals surface area contributed by atoms with Gasteiger partial charge in [0.1, 0.15) is 0 Å². The van der Waals surface area contributed by atoms with Gasteiger partial charge in [-0.15, -0.1) is 0 Å². The third-order valence-electron chi connectivity index (χ3n) is 1.82. The Morgan fingerprint density at radius 2 is 2.40 bits per heavy atom. The van der Waals surface area contributed by atoms with Crippen LogP contribution in [0, 0.1) is 6.92 Å². The number of aryl methyl sites for hydroxylation is 1. The number of hydrogen-bond acceptors (Lipinski definition) is 3. The van der Waals surface area contributed by atoms with Crippen molar-refractivity contribution in [2.45, 2.75) is 20.3 Å². The lowest BCUT2D eigenvalue weighted by atomic mass is 10.2. The molecule has 0 atom stereocenters. The molecule has 0 N–H and O–H groups in total. The number of thioether (sulfide) groups is 1. The van der Waals surface area contributed by atoms with Gasteiger partial charge in [0.2, 0.25) is 0 Å². The fourth-order valence-electron chi connectivity index (χ4n) is 1.13. The monoisotopic (exact) mass is 221 g/mol. The summed E-state index contributed by atoms with van der Waals surface area (Å²) < 4.78 is 0. The van der Waals surface area contributed by atoms with E-state index in [1.54, 1.807) is 13.1 Å². The Morgan fingerprint density at radius 1 is 1.60 bits per heavy atom. The van der Waals surface area contributed by atoms with E-state index in [1.165, 1.54) is 17.3 Å². The Morgan fingerprint density at radius 3 is 3.07 bits per heavy atom. The molecule has 0 unspecified atom stereocenters. The molecule has 0 radical (unpaired) electrons. The highest BCUT2D eigenvalue weighted by Crippen LogP contribution is 2.06. The second kappa shape index (κ2) is 6.40. The molecule has 80 valence electrons. The van der Waals surface area contributed by atoms with E-state index in [-0.39, 0.29) is 5.12 Å². The van der Waals surface area contributed by atoms with Crippen LogP contribution >= 0.6 is 11.8 Å². The number of aromatic nitrogens is 1. The standard InChI is InChI=1S/C12H15NOS/c1-10-6-7-13-12(9-10)5-3-4-8-15-11(2)14/h3,5-7,9H,4,8H2,1-2H3. The van der Waals surface area contributed by atoms with Gasteiger partial charge in [-0.1, -0.05) is 17.8 Å². The molecule has 0 bridgehead atoms. The second-order valence-electron chi connectivity index (χ2n) is 3.29. The van der Waals surface area contributed by atoms with E-state index >= 15 is 0 Å². The van der Waals surface area contributed by atoms with Gasteiger partial charge in [-0.05, 0) is 37.1 Å². The lowest BCUT2D eigenvalue weighted by molar-refractivity contribution is -0.109. The van der Waals surface area contributed by atoms with E-state index in [2.05, 4.69) is 11.1 Å². The van der Waals surface area contributed by atoms with E-state index in [0.29, 0.717) is 0 Å². The third kappa shape index (κ3) is 5.37. The number of rotatable bonds is 4. The molecule has 15 heavy (non-hydrogen) atoms. The molecule has 0 spiro atoms. The van der Waals surface area contributed by atoms with Crippen molar-refractivity contribution < 1.29 is 4.79 Å². The van der Waals surface area contributed by atoms with Crippen LogP contribution in [0.3, 0.4) is 0 Å². The van der Waals surface area contributed by atoms with Crippen molar-refractivity contribution in [2.24, 2.45) is 0 Å². The van der Waals surface area contributed by atoms with Crippen LogP contribution < -0.4 is 0 Å². The number of nitrogens with zero attached hydrogens (tertiary/aromatic N) is 1. The molecule has 0 saturated carbocycles. The van der Waals surface area contributed by atoms with Crippen LogP contribution in [-0.4, -0.2) is 15.9 Å². The summed E-state index contributed by atoms with van der Waals surface area (Å²) in [4.78, 5) is 14.9. The predicted octanol–water partition coefficient (Wildman–Crippen LogP) is 3.07. The van der Waals surface area contributed by atoms with Crippen LogP contribution in [0.15, 0.2) is 24.4 Å². The summed E-state index contributed by atoms with van der Waals surface area (Å²) in [5, 5.41) is 0.178. The maximum absolute atomic E-state index is 10.6. The van der Waals surface area contributed by atoms with Crippen LogP contribution in [0.5, 0.6) is 0 Å². The fraction of sp³-hybridized carbons (Fsp3) is 0.333. The van der Waals surface area contributed by atoms with Crippen molar-refractivity contribution in [3.63, 3.8) is 0 Å². The SMILES string of the molecule is CC(=O)SCCC=Cc1cc(C)ccn1. The smallest absolute Gasteiger partial charge is 0.185 e. The zero-order valence-electron chi connectivity index (χ0n) is 9.06. The van der Waals surface area contributed by atoms with E-state index < -0.39 is 0 Å². The van der Waals surface area contributed by atoms with Crippen molar-refractivity contribution in [3.05, 3.63) is 35.7 Å². The fourth-order valence-corrected chi connectivity index (χ4v) is 1.67. The summed E-state index contributed by atoms with van der Waals surface area (Å²) in [6.45, 7) is 3.64. The van der Waals surface area contributed by atoms with Gasteiger partial charge in [0.25, 0.3) is 0 Å². The summed E-state index contributed by atoms with van der Waals surface area (Å²) in [6, 6.07) is 4.01. The van der Waals surface area contributed by atoms with Crippen LogP contribution in [0.25, 0.3) is 6.08 Å². The highest BCUT2D eigenvalue weighted by atomic mass is 32.2. The molecule has 0 aliphatic rings. The average Bonchev–Trinajstić information content (AvgIpc) is 2.17. The largest absolute Gasteiger partial charge is 0.288 e. The first kappa shape index (κ1) is 12.0. The van der Waals surface area contributed by atoms with Gasteiger partial charge in [0, 0.05) is 18.9 Å². The maximum atomic E-state index is 10.6. The van der Waals surface area contributed by atoms with E-state index in [1.807, 2.05) is 25.1 Å². The van der Waals surface area contributed by atoms with Crippen molar-refractivity contribution in [3.8, 4) is 0 Å². The first-order valence-corrected chi connectivity index (χ1v) is 5.89. The first-order chi connectivity index (χ1) is 7.18. The first-order valence-electron chi connectivity index (χ1n) is 4.91. The molecular formula is C12H15NOS. The minimum absolute atomic E-state index is 0.178. The lowest BCUT2D eigenvalue weighted by Crippen LogP contribution is -1.84. The van der Waals surface area contributed by atoms with Crippen molar-refractivity contribution in [2.75, 3.05) is 5.75 Å². The Labute approximate surface area is 94.8 Å². The molecule has 0 aromatic carbocycles. The Hall–Kier alpha value is -1.09. The topological polar surface area (TPSA) is 30.0 Å². The summed E-state index contributed by atoms with van der Waals surface area (Å²) >= 11 is 1.36. The van der Waals surface area contributed by atoms with E-state index in [0.717, 1.165) is 17.9 Å². The summed E-state index contributed by atoms with van der Waals surface area (Å²) in [5.41, 5.74) is 2.19. The average molecular weight is 221 g/mol. The van der Waals surface area contributed by atoms with Crippen LogP contribution in [-0.2, 0) is 4.79 Å². The number of carbonyl (C=O) groups excluding carboxylic acids is 1. The molecule has 2 nitrogen and oxygen atoms in total. The van der Waals surface area contributed by atoms with Crippen molar-refractivity contribution in [1.82, 2.24) is 4.98 Å². The molecular weight excluding hydrogens is 206 g/mol. The van der Waals surface area contributed by atoms with Crippen LogP contribution in [0.4, 0.5) is 0 Å². The molecule has 0 amide bonds. The van der Waals surface area contributed by atoms with Gasteiger partial charge in [0.15, 0.2) is 5.12 Å². The molecule has 1 heterocycles. The number of pyridine rings is 1. The quantitative estimate of drug-likeness (QED) is 0.732. The summed E-state index contributed by atoms with van der Waals surface area (Å²) in [6.07, 6.45) is 6.75. The highest BCUT2D eigenvalue weighted by Gasteiger charge is 1.91. The maximum Gasteiger partial charge on any atom is 0.185 e. The molecule has 0 aliphatic heterocycles. The van der Waals surface area contributed by atoms with Gasteiger partial charge < -0.3 is 0 Å². The highest BCUT2D eigenvalue weighted by molar-refractivity contribution is 8.13. The minimum atomic E-state index is 0.178. The number of allylic oxidation sites excluding steroid dienone is 1. The molecule has 3 heteroatoms. The van der Waals surface area contributed by atoms with Gasteiger partial charge in [-0.2, -0.15) is 0 Å². The minimum Gasteiger partial charge on any atom is -0.288 e. The lowest BCUT2D eigenvalue weighted by Gasteiger charge is -1.94. The van der Waals surface area contributed by atoms with Gasteiger partial charge >= 0.3 is 0 Å². The zero-order chi connectivity index (χ0) is 11.1. The Bertz CT molecular complexity index is 360. The van der Waals surface area contributed by atoms with Crippen LogP contribution in [0.1, 0.15) is 24.6 Å². The molecule has 1 aromatic heterocycles. The Balaban J connectivity index is 2.35. The molecule has 1 rings (SSSR count). The van der Waals surface area contributed by atoms with Crippen molar-refractivity contribution in [1.29, 1.82) is 0 Å². The molecule has 1 aromatic rings. The number of hydrogen-bond donors (Lipinski definition) is 0. The predicted molar refractivity (Wildman–Crippen MR) is 65.8 cm³/mol. The van der Waals surface area contributed by atoms with E-state index in [4.69, 9.17) is 0 Å². The molecule has 0 aliphatic carbocycles. The van der Waals surface area contributed by atoms with Crippen molar-refractivity contribution >= 4 is 23.0 Å². The third-order valence-corrected chi connectivity index (χ3v) is 2.66. The summed E-state index contributed by atoms with van der Waals surface area (Å²) in [5.74, 6) is 0.845. The van der Waals surface area contributed by atoms with Gasteiger partial charge in [0.05, 0.1) is 5.69 Å². The molecule has 0 fully saturated rings. The zero-order valence-corrected chi connectivity index (χ0v) is 9.88. The van der Waals surface area contributed by atoms with Crippen LogP contribution in [0.2, 0.25) is 0 Å². The number of carbonyl (C=O) groups is 1. The second-order valence-corrected chi connectivity index (χ2v) is 4.56. The van der Waals surface area contributed by atoms with Gasteiger partial charge in [-0.3, -0.25) is 9.78 Å². The summed E-state index contributed by atoms with van der Waals surface area (Å²) in [7, 11) is 0. The van der Waals surface area contributed by atoms with E-state index in [9.17, 15) is 4.79 Å². The Kier molecular flexibility index (Phi) is 5.12. The van der Waals surface area contributed by atoms with Gasteiger partial charge in [-0.25, -0.2) is 0 Å². The normalized spacial score (nSPS) is 10.8.